The number of carboxylic acids is 3. The molecule has 0 aromatic carbocycles. The molecule has 14 nitrogen and oxygen atoms in total. The maximum atomic E-state index is 13.8. The monoisotopic (exact) mass is 727 g/mol. The number of nitrogens with zero attached hydrogens (tertiary/aromatic N) is 3. The number of aliphatic hydroxyl groups is 1. The Kier molecular flexibility index (Phi) is 23.9. The van der Waals surface area contributed by atoms with Crippen molar-refractivity contribution in [1.29, 1.82) is 0 Å². The topological polar surface area (TPSA) is 202 Å². The van der Waals surface area contributed by atoms with Crippen LogP contribution in [0.5, 0.6) is 0 Å². The molecule has 0 saturated heterocycles. The summed E-state index contributed by atoms with van der Waals surface area (Å²) in [7, 11) is -6.94. The number of carboxylic acid groups (broad SMARTS) is 3. The van der Waals surface area contributed by atoms with Gasteiger partial charge in [0.15, 0.2) is 15.4 Å². The van der Waals surface area contributed by atoms with Gasteiger partial charge in [0, 0.05) is 56.2 Å². The van der Waals surface area contributed by atoms with E-state index in [0.29, 0.717) is 6.54 Å². The fourth-order valence-corrected chi connectivity index (χ4v) is 8.28. The van der Waals surface area contributed by atoms with E-state index in [2.05, 4.69) is 0 Å². The standard InChI is InChI=1S/C16H34Cl4N3O4PS.C6H8O7/c1-3-21(4-2)13-15-29(25,26)16-14-27-28(24,22(9-5-17)10-6-18)23(11-7-19)12-8-20;7-3(8)1-6(13,5(11)12)2-4(9)10/h3-16H2,1-2H3;13H,1-2H2,(H,7,8)(H,9,10)(H,11,12). The predicted molar refractivity (Wildman–Crippen MR) is 163 cm³/mol. The van der Waals surface area contributed by atoms with Crippen molar-refractivity contribution >= 4 is 81.8 Å². The van der Waals surface area contributed by atoms with Crippen LogP contribution in [-0.2, 0) is 33.3 Å². The third kappa shape index (κ3) is 17.7. The molecule has 0 amide bonds. The lowest BCUT2D eigenvalue weighted by Crippen LogP contribution is -2.42. The van der Waals surface area contributed by atoms with Gasteiger partial charge in [-0.15, -0.1) is 46.4 Å². The number of hydrogen-bond acceptors (Lipinski definition) is 9. The van der Waals surface area contributed by atoms with Gasteiger partial charge in [0.05, 0.1) is 31.0 Å². The number of sulfone groups is 1. The highest BCUT2D eigenvalue weighted by Gasteiger charge is 2.41. The molecule has 20 heteroatoms. The van der Waals surface area contributed by atoms with Crippen LogP contribution in [0.4, 0.5) is 0 Å². The molecule has 0 spiro atoms. The van der Waals surface area contributed by atoms with Crippen LogP contribution in [0.2, 0.25) is 0 Å². The zero-order chi connectivity index (χ0) is 33.0. The second kappa shape index (κ2) is 23.0. The molecule has 0 aliphatic rings. The molecule has 0 unspecified atom stereocenters. The Balaban J connectivity index is 0. The normalized spacial score (nSPS) is 12.4. The summed E-state index contributed by atoms with van der Waals surface area (Å²) in [6.07, 6.45) is -2.29. The maximum Gasteiger partial charge on any atom is 0.346 e. The highest BCUT2D eigenvalue weighted by Crippen LogP contribution is 2.54. The van der Waals surface area contributed by atoms with E-state index in [1.807, 2.05) is 18.7 Å². The first kappa shape index (κ1) is 43.7. The molecule has 0 aromatic heterocycles. The van der Waals surface area contributed by atoms with Gasteiger partial charge >= 0.3 is 25.6 Å². The highest BCUT2D eigenvalue weighted by atomic mass is 35.5. The van der Waals surface area contributed by atoms with Crippen LogP contribution in [0, 0.1) is 0 Å². The Bertz CT molecular complexity index is 914. The molecular weight excluding hydrogens is 687 g/mol. The van der Waals surface area contributed by atoms with Crippen molar-refractivity contribution < 1.29 is 52.3 Å². The summed E-state index contributed by atoms with van der Waals surface area (Å²) in [5.74, 6) is -4.31. The van der Waals surface area contributed by atoms with E-state index in [9.17, 15) is 27.4 Å². The first-order valence-corrected chi connectivity index (χ1v) is 18.3. The Morgan fingerprint density at radius 3 is 1.43 bits per heavy atom. The third-order valence-corrected chi connectivity index (χ3v) is 10.7. The summed E-state index contributed by atoms with van der Waals surface area (Å²) in [5, 5.41) is 33.8. The van der Waals surface area contributed by atoms with Gasteiger partial charge in [0.25, 0.3) is 0 Å². The van der Waals surface area contributed by atoms with Crippen molar-refractivity contribution in [2.75, 3.05) is 87.4 Å². The summed E-state index contributed by atoms with van der Waals surface area (Å²) < 4.78 is 47.5. The molecule has 250 valence electrons. The molecule has 0 saturated carbocycles. The Morgan fingerprint density at radius 1 is 0.762 bits per heavy atom. The fraction of sp³-hybridized carbons (Fsp3) is 0.864. The molecule has 42 heavy (non-hydrogen) atoms. The fourth-order valence-electron chi connectivity index (χ4n) is 3.37. The van der Waals surface area contributed by atoms with Crippen molar-refractivity contribution in [3.8, 4) is 0 Å². The average Bonchev–Trinajstić information content (AvgIpc) is 2.88. The van der Waals surface area contributed by atoms with Crippen LogP contribution in [0.1, 0.15) is 26.7 Å². The van der Waals surface area contributed by atoms with Crippen LogP contribution in [0.3, 0.4) is 0 Å². The summed E-state index contributed by atoms with van der Waals surface area (Å²) in [4.78, 5) is 32.5. The smallest absolute Gasteiger partial charge is 0.346 e. The van der Waals surface area contributed by atoms with Gasteiger partial charge in [-0.25, -0.2) is 22.6 Å². The van der Waals surface area contributed by atoms with E-state index in [-0.39, 0.29) is 67.8 Å². The van der Waals surface area contributed by atoms with Gasteiger partial charge in [0.1, 0.15) is 0 Å². The van der Waals surface area contributed by atoms with Crippen LogP contribution < -0.4 is 0 Å². The molecule has 0 radical (unpaired) electrons. The van der Waals surface area contributed by atoms with Crippen LogP contribution >= 0.6 is 54.1 Å². The lowest BCUT2D eigenvalue weighted by atomic mass is 9.96. The molecule has 0 aliphatic carbocycles. The van der Waals surface area contributed by atoms with Crippen LogP contribution in [-0.4, -0.2) is 154 Å². The average molecular weight is 729 g/mol. The number of halogens is 4. The first-order chi connectivity index (χ1) is 19.5. The number of rotatable bonds is 24. The summed E-state index contributed by atoms with van der Waals surface area (Å²) >= 11 is 23.5. The molecule has 4 N–H and O–H groups in total. The maximum absolute atomic E-state index is 13.8. The van der Waals surface area contributed by atoms with Crippen LogP contribution in [0.15, 0.2) is 0 Å². The van der Waals surface area contributed by atoms with E-state index in [4.69, 9.17) is 71.4 Å². The van der Waals surface area contributed by atoms with Crippen molar-refractivity contribution in [2.45, 2.75) is 32.3 Å². The predicted octanol–water partition coefficient (Wildman–Crippen LogP) is 2.18. The van der Waals surface area contributed by atoms with E-state index in [0.717, 1.165) is 13.1 Å². The van der Waals surface area contributed by atoms with Crippen molar-refractivity contribution in [1.82, 2.24) is 14.2 Å². The van der Waals surface area contributed by atoms with Gasteiger partial charge in [-0.1, -0.05) is 13.8 Å². The molecule has 0 bridgehead atoms. The molecule has 0 fully saturated rings. The zero-order valence-electron chi connectivity index (χ0n) is 23.7. The molecule has 0 heterocycles. The van der Waals surface area contributed by atoms with Crippen molar-refractivity contribution in [3.05, 3.63) is 0 Å². The second-order valence-electron chi connectivity index (χ2n) is 8.64. The minimum atomic E-state index is -3.59. The van der Waals surface area contributed by atoms with Gasteiger partial charge in [-0.3, -0.25) is 14.2 Å². The number of alkyl halides is 4. The molecule has 0 rings (SSSR count). The zero-order valence-corrected chi connectivity index (χ0v) is 28.4. The third-order valence-electron chi connectivity index (χ3n) is 5.64. The number of carbonyl (C=O) groups is 3. The van der Waals surface area contributed by atoms with Crippen LogP contribution in [0.25, 0.3) is 0 Å². The molecule has 0 aromatic rings. The highest BCUT2D eigenvalue weighted by molar-refractivity contribution is 7.91. The van der Waals surface area contributed by atoms with E-state index in [1.54, 1.807) is 9.34 Å². The van der Waals surface area contributed by atoms with Crippen molar-refractivity contribution in [2.24, 2.45) is 0 Å². The van der Waals surface area contributed by atoms with E-state index in [1.165, 1.54) is 0 Å². The number of aliphatic carboxylic acids is 3. The second-order valence-corrected chi connectivity index (χ2v) is 14.8. The molecular formula is C22H42Cl4N3O11PS. The summed E-state index contributed by atoms with van der Waals surface area (Å²) in [6, 6.07) is 0. The molecule has 0 atom stereocenters. The SMILES string of the molecule is CCN(CC)CCS(=O)(=O)CCOP(=O)(N(CCCl)CCCl)N(CCCl)CCCl.O=C(O)CC(O)(CC(=O)O)C(=O)O. The lowest BCUT2D eigenvalue weighted by molar-refractivity contribution is -0.170. The first-order valence-electron chi connectivity index (χ1n) is 12.8. The largest absolute Gasteiger partial charge is 0.481 e. The van der Waals surface area contributed by atoms with Crippen molar-refractivity contribution in [3.63, 3.8) is 0 Å². The Labute approximate surface area is 267 Å². The lowest BCUT2D eigenvalue weighted by Gasteiger charge is -2.37. The summed E-state index contributed by atoms with van der Waals surface area (Å²) in [5.41, 5.74) is -2.74. The Morgan fingerprint density at radius 2 is 1.14 bits per heavy atom. The van der Waals surface area contributed by atoms with Gasteiger partial charge in [0.2, 0.25) is 0 Å². The minimum absolute atomic E-state index is 0.0302. The van der Waals surface area contributed by atoms with Gasteiger partial charge in [-0.05, 0) is 13.1 Å². The van der Waals surface area contributed by atoms with E-state index >= 15 is 0 Å². The summed E-state index contributed by atoms with van der Waals surface area (Å²) in [6.45, 7) is 6.93. The van der Waals surface area contributed by atoms with E-state index < -0.39 is 53.9 Å². The van der Waals surface area contributed by atoms with Gasteiger partial charge in [-0.2, -0.15) is 0 Å². The quantitative estimate of drug-likeness (QED) is 0.0832. The minimum Gasteiger partial charge on any atom is -0.481 e. The molecule has 0 aliphatic heterocycles. The number of hydrogen-bond donors (Lipinski definition) is 4. The Hall–Kier alpha value is -0.450. The van der Waals surface area contributed by atoms with Gasteiger partial charge < -0.3 is 29.8 Å².